The van der Waals surface area contributed by atoms with Crippen LogP contribution in [0.2, 0.25) is 5.02 Å². The molecule has 7 nitrogen and oxygen atoms in total. The Morgan fingerprint density at radius 2 is 1.84 bits per heavy atom. The number of nitrogens with zero attached hydrogens (tertiary/aromatic N) is 5. The van der Waals surface area contributed by atoms with E-state index in [1.54, 1.807) is 36.1 Å². The Balaban J connectivity index is 1.43. The topological polar surface area (TPSA) is 77.6 Å². The second-order valence-corrected chi connectivity index (χ2v) is 10.4. The highest BCUT2D eigenvalue weighted by Crippen LogP contribution is 2.42. The Morgan fingerprint density at radius 3 is 2.55 bits per heavy atom. The molecule has 1 aliphatic heterocycles. The SMILES string of the molecule is [B]C1([B])C[C@](NC(=O)c2ccc(-n3cnc(C)n3)cc2Cl)(c2ccccc2)Cn2c1nc1cc(C)ccc12. The van der Waals surface area contributed by atoms with Crippen LogP contribution in [-0.4, -0.2) is 45.9 Å². The monoisotopic (exact) mass is 516 g/mol. The van der Waals surface area contributed by atoms with Gasteiger partial charge in [0.2, 0.25) is 0 Å². The highest BCUT2D eigenvalue weighted by molar-refractivity contribution is 6.40. The van der Waals surface area contributed by atoms with Crippen LogP contribution in [0.25, 0.3) is 16.7 Å². The summed E-state index contributed by atoms with van der Waals surface area (Å²) >= 11 is 6.62. The minimum absolute atomic E-state index is 0.242. The van der Waals surface area contributed by atoms with Gasteiger partial charge in [-0.05, 0) is 66.9 Å². The van der Waals surface area contributed by atoms with Gasteiger partial charge in [0.05, 0.1) is 60.9 Å². The molecule has 0 bridgehead atoms. The quantitative estimate of drug-likeness (QED) is 0.365. The standard InChI is InChI=1S/C28H23B2ClN6O/c1-17-8-11-24-23(12-17)33-26-28(29,30)14-27(15-36(24)26,19-6-4-3-5-7-19)34-25(38)21-10-9-20(13-22(21)31)37-16-32-18(2)35-37/h3-13,16H,14-15H2,1-2H3,(H,34,38)/t27-/m1/s1. The highest BCUT2D eigenvalue weighted by atomic mass is 35.5. The lowest BCUT2D eigenvalue weighted by Gasteiger charge is -2.46. The van der Waals surface area contributed by atoms with Gasteiger partial charge in [-0.3, -0.25) is 4.79 Å². The number of carbonyl (C=O) groups is 1. The van der Waals surface area contributed by atoms with Gasteiger partial charge >= 0.3 is 0 Å². The smallest absolute Gasteiger partial charge is 0.253 e. The number of aromatic nitrogens is 5. The van der Waals surface area contributed by atoms with Crippen LogP contribution in [-0.2, 0) is 17.3 Å². The Kier molecular flexibility index (Phi) is 5.72. The van der Waals surface area contributed by atoms with Crippen molar-refractivity contribution in [1.29, 1.82) is 0 Å². The molecular weight excluding hydrogens is 493 g/mol. The van der Waals surface area contributed by atoms with Crippen LogP contribution in [0.4, 0.5) is 0 Å². The van der Waals surface area contributed by atoms with E-state index in [4.69, 9.17) is 32.3 Å². The fourth-order valence-electron chi connectivity index (χ4n) is 5.35. The van der Waals surface area contributed by atoms with Crippen molar-refractivity contribution in [2.45, 2.75) is 37.6 Å². The summed E-state index contributed by atoms with van der Waals surface area (Å²) in [5.74, 6) is 0.891. The molecule has 3 aromatic carbocycles. The molecule has 1 amide bonds. The molecule has 10 heteroatoms. The molecule has 184 valence electrons. The number of benzene rings is 3. The second-order valence-electron chi connectivity index (χ2n) is 10.0. The maximum atomic E-state index is 13.8. The minimum Gasteiger partial charge on any atom is -0.341 e. The Labute approximate surface area is 228 Å². The summed E-state index contributed by atoms with van der Waals surface area (Å²) in [7, 11) is 13.5. The molecule has 1 aliphatic rings. The predicted molar refractivity (Wildman–Crippen MR) is 149 cm³/mol. The van der Waals surface area contributed by atoms with Gasteiger partial charge in [-0.1, -0.05) is 48.0 Å². The van der Waals surface area contributed by atoms with Gasteiger partial charge in [0.25, 0.3) is 5.91 Å². The van der Waals surface area contributed by atoms with E-state index in [1.807, 2.05) is 60.0 Å². The molecule has 38 heavy (non-hydrogen) atoms. The van der Waals surface area contributed by atoms with Crippen molar-refractivity contribution in [1.82, 2.24) is 29.6 Å². The first-order chi connectivity index (χ1) is 18.1. The van der Waals surface area contributed by atoms with Crippen LogP contribution in [0.3, 0.4) is 0 Å². The highest BCUT2D eigenvalue weighted by Gasteiger charge is 2.46. The van der Waals surface area contributed by atoms with Crippen LogP contribution in [0.1, 0.15) is 39.6 Å². The number of fused-ring (bicyclic) bond motifs is 3. The number of imidazole rings is 1. The fraction of sp³-hybridized carbons (Fsp3) is 0.214. The van der Waals surface area contributed by atoms with E-state index in [9.17, 15) is 4.79 Å². The molecule has 5 aromatic rings. The zero-order chi connectivity index (χ0) is 26.7. The van der Waals surface area contributed by atoms with E-state index in [-0.39, 0.29) is 12.3 Å². The third kappa shape index (κ3) is 4.11. The molecule has 4 radical (unpaired) electrons. The van der Waals surface area contributed by atoms with E-state index in [1.165, 1.54) is 0 Å². The molecule has 0 unspecified atom stereocenters. The van der Waals surface area contributed by atoms with Gasteiger partial charge in [-0.15, -0.1) is 0 Å². The largest absolute Gasteiger partial charge is 0.341 e. The van der Waals surface area contributed by atoms with Crippen molar-refractivity contribution in [3.8, 4) is 5.69 Å². The van der Waals surface area contributed by atoms with E-state index < -0.39 is 10.8 Å². The second kappa shape index (κ2) is 8.88. The van der Waals surface area contributed by atoms with Crippen LogP contribution >= 0.6 is 11.6 Å². The van der Waals surface area contributed by atoms with Crippen molar-refractivity contribution in [3.05, 3.63) is 106 Å². The van der Waals surface area contributed by atoms with Crippen LogP contribution in [0, 0.1) is 13.8 Å². The summed E-state index contributed by atoms with van der Waals surface area (Å²) in [5.41, 5.74) is 3.82. The Bertz CT molecular complexity index is 1700. The molecule has 1 N–H and O–H groups in total. The first kappa shape index (κ1) is 24.5. The number of halogens is 1. The van der Waals surface area contributed by atoms with Crippen molar-refractivity contribution >= 4 is 44.2 Å². The normalized spacial score (nSPS) is 18.3. The molecule has 0 aliphatic carbocycles. The lowest BCUT2D eigenvalue weighted by atomic mass is 9.47. The number of aryl methyl sites for hydroxylation is 2. The number of nitrogens with one attached hydrogen (secondary N) is 1. The van der Waals surface area contributed by atoms with Gasteiger partial charge in [-0.25, -0.2) is 14.6 Å². The molecule has 1 atom stereocenters. The lowest BCUT2D eigenvalue weighted by molar-refractivity contribution is 0.0860. The third-order valence-corrected chi connectivity index (χ3v) is 7.40. The molecule has 0 fully saturated rings. The molecule has 0 saturated heterocycles. The first-order valence-corrected chi connectivity index (χ1v) is 12.6. The van der Waals surface area contributed by atoms with Gasteiger partial charge in [0.15, 0.2) is 0 Å². The van der Waals surface area contributed by atoms with E-state index >= 15 is 0 Å². The lowest BCUT2D eigenvalue weighted by Crippen LogP contribution is -2.57. The Hall–Kier alpha value is -3.84. The molecule has 3 heterocycles. The summed E-state index contributed by atoms with van der Waals surface area (Å²) in [6.07, 6.45) is 1.84. The van der Waals surface area contributed by atoms with Gasteiger partial charge in [0, 0.05) is 0 Å². The van der Waals surface area contributed by atoms with Crippen LogP contribution in [0.5, 0.6) is 0 Å². The van der Waals surface area contributed by atoms with Gasteiger partial charge in [0.1, 0.15) is 12.2 Å². The number of rotatable bonds is 4. The van der Waals surface area contributed by atoms with Gasteiger partial charge in [-0.2, -0.15) is 5.10 Å². The molecule has 0 saturated carbocycles. The summed E-state index contributed by atoms with van der Waals surface area (Å²) < 4.78 is 3.63. The fourth-order valence-corrected chi connectivity index (χ4v) is 5.61. The molecule has 2 aromatic heterocycles. The van der Waals surface area contributed by atoms with Crippen LogP contribution in [0.15, 0.2) is 73.1 Å². The molecular formula is C28H23B2ClN6O. The van der Waals surface area contributed by atoms with Crippen molar-refractivity contribution in [2.75, 3.05) is 0 Å². The van der Waals surface area contributed by atoms with Crippen molar-refractivity contribution in [2.24, 2.45) is 0 Å². The summed E-state index contributed by atoms with van der Waals surface area (Å²) in [6, 6.07) is 21.0. The number of carbonyl (C=O) groups excluding carboxylic acids is 1. The van der Waals surface area contributed by atoms with Crippen molar-refractivity contribution in [3.63, 3.8) is 0 Å². The Morgan fingerprint density at radius 1 is 1.05 bits per heavy atom. The summed E-state index contributed by atoms with van der Waals surface area (Å²) in [6.45, 7) is 4.23. The molecule has 6 rings (SSSR count). The minimum atomic E-state index is -1.30. The first-order valence-electron chi connectivity index (χ1n) is 12.3. The number of hydrogen-bond donors (Lipinski definition) is 1. The van der Waals surface area contributed by atoms with Gasteiger partial charge < -0.3 is 9.88 Å². The third-order valence-electron chi connectivity index (χ3n) is 7.09. The summed E-state index contributed by atoms with van der Waals surface area (Å²) in [4.78, 5) is 22.7. The summed E-state index contributed by atoms with van der Waals surface area (Å²) in [5, 5.41) is 6.57. The number of amides is 1. The predicted octanol–water partition coefficient (Wildman–Crippen LogP) is 4.11. The average Bonchev–Trinajstić information content (AvgIpc) is 3.48. The van der Waals surface area contributed by atoms with E-state index in [2.05, 4.69) is 15.4 Å². The average molecular weight is 517 g/mol. The van der Waals surface area contributed by atoms with Crippen molar-refractivity contribution < 1.29 is 4.79 Å². The van der Waals surface area contributed by atoms with E-state index in [0.29, 0.717) is 34.5 Å². The zero-order valence-electron chi connectivity index (χ0n) is 21.0. The van der Waals surface area contributed by atoms with Crippen LogP contribution < -0.4 is 5.32 Å². The zero-order valence-corrected chi connectivity index (χ0v) is 21.8. The molecule has 0 spiro atoms. The number of hydrogen-bond acceptors (Lipinski definition) is 4. The maximum absolute atomic E-state index is 13.8. The van der Waals surface area contributed by atoms with E-state index in [0.717, 1.165) is 22.2 Å². The maximum Gasteiger partial charge on any atom is 0.253 e.